The van der Waals surface area contributed by atoms with E-state index >= 15 is 0 Å². The van der Waals surface area contributed by atoms with Crippen molar-refractivity contribution in [2.75, 3.05) is 6.54 Å². The highest BCUT2D eigenvalue weighted by Gasteiger charge is 2.38. The largest absolute Gasteiger partial charge is 0.333 e. The number of hydrogen-bond acceptors (Lipinski definition) is 3. The molecule has 3 rings (SSSR count). The summed E-state index contributed by atoms with van der Waals surface area (Å²) in [6, 6.07) is 5.26. The Kier molecular flexibility index (Phi) is 4.39. The summed E-state index contributed by atoms with van der Waals surface area (Å²) in [5, 5.41) is 3.47. The van der Waals surface area contributed by atoms with Gasteiger partial charge in [0, 0.05) is 6.54 Å². The van der Waals surface area contributed by atoms with Crippen LogP contribution in [0.1, 0.15) is 36.7 Å². The Morgan fingerprint density at radius 1 is 1.33 bits per heavy atom. The minimum atomic E-state index is -4.00. The van der Waals surface area contributed by atoms with Crippen LogP contribution in [0.2, 0.25) is 0 Å². The second-order valence-electron chi connectivity index (χ2n) is 5.65. The highest BCUT2D eigenvalue weighted by molar-refractivity contribution is 7.89. The van der Waals surface area contributed by atoms with Crippen LogP contribution in [-0.4, -0.2) is 29.0 Å². The van der Waals surface area contributed by atoms with Crippen LogP contribution in [0, 0.1) is 12.7 Å². The van der Waals surface area contributed by atoms with Gasteiger partial charge in [0.1, 0.15) is 10.7 Å². The van der Waals surface area contributed by atoms with Crippen molar-refractivity contribution in [3.63, 3.8) is 0 Å². The predicted octanol–water partition coefficient (Wildman–Crippen LogP) is 3.25. The zero-order valence-corrected chi connectivity index (χ0v) is 13.7. The maximum Gasteiger partial charge on any atom is 0.333 e. The Labute approximate surface area is 137 Å². The van der Waals surface area contributed by atoms with E-state index in [0.717, 1.165) is 6.20 Å². The summed E-state index contributed by atoms with van der Waals surface area (Å²) < 4.78 is 66.5. The lowest BCUT2D eigenvalue weighted by Crippen LogP contribution is -2.31. The Balaban J connectivity index is 2.00. The molecular weight excluding hydrogens is 343 g/mol. The van der Waals surface area contributed by atoms with Crippen molar-refractivity contribution in [3.05, 3.63) is 47.5 Å². The molecule has 1 unspecified atom stereocenters. The number of aromatic nitrogens is 2. The van der Waals surface area contributed by atoms with Crippen LogP contribution in [0.25, 0.3) is 0 Å². The van der Waals surface area contributed by atoms with Gasteiger partial charge in [-0.15, -0.1) is 0 Å². The summed E-state index contributed by atoms with van der Waals surface area (Å²) in [5.41, 5.74) is 0.435. The standard InChI is InChI=1S/C15H16F3N3O2S/c1-10-14(9-19-21(10)15(17)18)24(22,23)20-7-3-6-13(20)11-4-2-5-12(16)8-11/h2,4-5,8-9,13,15H,3,6-7H2,1H3. The second kappa shape index (κ2) is 6.21. The molecule has 1 fully saturated rings. The number of sulfonamides is 1. The number of hydrogen-bond donors (Lipinski definition) is 0. The molecule has 0 aliphatic carbocycles. The lowest BCUT2D eigenvalue weighted by atomic mass is 10.1. The first-order valence-corrected chi connectivity index (χ1v) is 8.86. The van der Waals surface area contributed by atoms with Gasteiger partial charge in [0.15, 0.2) is 0 Å². The molecule has 0 N–H and O–H groups in total. The fraction of sp³-hybridized carbons (Fsp3) is 0.400. The van der Waals surface area contributed by atoms with E-state index in [1.807, 2.05) is 0 Å². The maximum absolute atomic E-state index is 13.5. The van der Waals surface area contributed by atoms with E-state index in [9.17, 15) is 21.6 Å². The van der Waals surface area contributed by atoms with E-state index < -0.39 is 28.4 Å². The molecule has 0 spiro atoms. The van der Waals surface area contributed by atoms with Gasteiger partial charge in [-0.1, -0.05) is 12.1 Å². The average Bonchev–Trinajstić information content (AvgIpc) is 3.14. The van der Waals surface area contributed by atoms with Crippen molar-refractivity contribution < 1.29 is 21.6 Å². The van der Waals surface area contributed by atoms with E-state index in [4.69, 9.17) is 0 Å². The summed E-state index contributed by atoms with van der Waals surface area (Å²) in [6.07, 6.45) is 2.10. The van der Waals surface area contributed by atoms with Crippen LogP contribution in [0.15, 0.2) is 35.4 Å². The van der Waals surface area contributed by atoms with Gasteiger partial charge in [-0.25, -0.2) is 17.5 Å². The fourth-order valence-electron chi connectivity index (χ4n) is 3.06. The van der Waals surface area contributed by atoms with E-state index in [-0.39, 0.29) is 17.1 Å². The molecule has 1 aliphatic heterocycles. The zero-order chi connectivity index (χ0) is 17.5. The molecule has 0 saturated carbocycles. The quantitative estimate of drug-likeness (QED) is 0.842. The molecule has 130 valence electrons. The first kappa shape index (κ1) is 17.0. The van der Waals surface area contributed by atoms with Crippen LogP contribution >= 0.6 is 0 Å². The zero-order valence-electron chi connectivity index (χ0n) is 12.9. The van der Waals surface area contributed by atoms with Gasteiger partial charge in [-0.2, -0.15) is 18.2 Å². The highest BCUT2D eigenvalue weighted by Crippen LogP contribution is 2.37. The molecule has 0 amide bonds. The van der Waals surface area contributed by atoms with Gasteiger partial charge < -0.3 is 0 Å². The third kappa shape index (κ3) is 2.82. The molecule has 1 saturated heterocycles. The molecular formula is C15H16F3N3O2S. The highest BCUT2D eigenvalue weighted by atomic mass is 32.2. The van der Waals surface area contributed by atoms with Crippen LogP contribution in [0.5, 0.6) is 0 Å². The van der Waals surface area contributed by atoms with Crippen LogP contribution in [0.3, 0.4) is 0 Å². The summed E-state index contributed by atoms with van der Waals surface area (Å²) >= 11 is 0. The topological polar surface area (TPSA) is 55.2 Å². The molecule has 9 heteroatoms. The second-order valence-corrected chi connectivity index (χ2v) is 7.50. The number of nitrogens with zero attached hydrogens (tertiary/aromatic N) is 3. The lowest BCUT2D eigenvalue weighted by molar-refractivity contribution is 0.0541. The smallest absolute Gasteiger partial charge is 0.207 e. The van der Waals surface area contributed by atoms with Crippen molar-refractivity contribution in [2.24, 2.45) is 0 Å². The Morgan fingerprint density at radius 3 is 2.71 bits per heavy atom. The van der Waals surface area contributed by atoms with Gasteiger partial charge in [0.25, 0.3) is 0 Å². The average molecular weight is 359 g/mol. The molecule has 1 atom stereocenters. The molecule has 1 aromatic carbocycles. The van der Waals surface area contributed by atoms with Crippen molar-refractivity contribution in [1.82, 2.24) is 14.1 Å². The van der Waals surface area contributed by atoms with Gasteiger partial charge in [-0.05, 0) is 37.5 Å². The van der Waals surface area contributed by atoms with Gasteiger partial charge in [0.05, 0.1) is 17.9 Å². The Bertz CT molecular complexity index is 851. The third-order valence-corrected chi connectivity index (χ3v) is 6.22. The summed E-state index contributed by atoms with van der Waals surface area (Å²) in [6.45, 7) is -1.37. The Hall–Kier alpha value is -1.87. The van der Waals surface area contributed by atoms with Crippen LogP contribution in [0.4, 0.5) is 13.2 Å². The molecule has 24 heavy (non-hydrogen) atoms. The first-order chi connectivity index (χ1) is 11.3. The molecule has 0 bridgehead atoms. The number of rotatable bonds is 4. The van der Waals surface area contributed by atoms with Gasteiger partial charge in [-0.3, -0.25) is 0 Å². The van der Waals surface area contributed by atoms with Crippen molar-refractivity contribution in [3.8, 4) is 0 Å². The lowest BCUT2D eigenvalue weighted by Gasteiger charge is -2.24. The van der Waals surface area contributed by atoms with Crippen molar-refractivity contribution in [2.45, 2.75) is 37.3 Å². The minimum absolute atomic E-state index is 0.116. The SMILES string of the molecule is Cc1c(S(=O)(=O)N2CCCC2c2cccc(F)c2)cnn1C(F)F. The summed E-state index contributed by atoms with van der Waals surface area (Å²) in [7, 11) is -4.00. The predicted molar refractivity (Wildman–Crippen MR) is 80.5 cm³/mol. The number of benzene rings is 1. The van der Waals surface area contributed by atoms with Gasteiger partial charge in [0.2, 0.25) is 10.0 Å². The van der Waals surface area contributed by atoms with Crippen LogP contribution in [-0.2, 0) is 10.0 Å². The first-order valence-electron chi connectivity index (χ1n) is 7.42. The number of alkyl halides is 2. The monoisotopic (exact) mass is 359 g/mol. The van der Waals surface area contributed by atoms with E-state index in [1.165, 1.54) is 29.4 Å². The molecule has 2 heterocycles. The summed E-state index contributed by atoms with van der Waals surface area (Å²) in [4.78, 5) is -0.244. The third-order valence-electron chi connectivity index (χ3n) is 4.21. The maximum atomic E-state index is 13.5. The molecule has 1 aliphatic rings. The molecule has 2 aromatic rings. The number of halogens is 3. The van der Waals surface area contributed by atoms with Crippen LogP contribution < -0.4 is 0 Å². The van der Waals surface area contributed by atoms with E-state index in [0.29, 0.717) is 23.1 Å². The normalized spacial score (nSPS) is 19.3. The van der Waals surface area contributed by atoms with E-state index in [2.05, 4.69) is 5.10 Å². The summed E-state index contributed by atoms with van der Waals surface area (Å²) in [5.74, 6) is -0.446. The molecule has 5 nitrogen and oxygen atoms in total. The van der Waals surface area contributed by atoms with Crippen molar-refractivity contribution in [1.29, 1.82) is 0 Å². The fourth-order valence-corrected chi connectivity index (χ4v) is 4.89. The Morgan fingerprint density at radius 2 is 2.08 bits per heavy atom. The van der Waals surface area contributed by atoms with Gasteiger partial charge >= 0.3 is 6.55 Å². The molecule has 1 aromatic heterocycles. The molecule has 0 radical (unpaired) electrons. The minimum Gasteiger partial charge on any atom is -0.207 e. The van der Waals surface area contributed by atoms with Crippen molar-refractivity contribution >= 4 is 10.0 Å². The van der Waals surface area contributed by atoms with E-state index in [1.54, 1.807) is 6.07 Å².